The maximum absolute atomic E-state index is 5.52. The lowest BCUT2D eigenvalue weighted by Gasteiger charge is -2.37. The second-order valence-corrected chi connectivity index (χ2v) is 5.94. The highest BCUT2D eigenvalue weighted by Crippen LogP contribution is 2.20. The van der Waals surface area contributed by atoms with Crippen LogP contribution in [0.2, 0.25) is 0 Å². The third-order valence-electron chi connectivity index (χ3n) is 3.85. The molecule has 1 fully saturated rings. The van der Waals surface area contributed by atoms with Crippen molar-refractivity contribution >= 4 is 23.0 Å². The number of anilines is 1. The molecule has 1 aromatic heterocycles. The number of benzene rings is 1. The molecule has 110 valence electrons. The molecule has 5 heteroatoms. The fourth-order valence-corrected chi connectivity index (χ4v) is 3.12. The summed E-state index contributed by atoms with van der Waals surface area (Å²) in [5.74, 6) is 0. The van der Waals surface area contributed by atoms with Crippen LogP contribution in [-0.2, 0) is 0 Å². The summed E-state index contributed by atoms with van der Waals surface area (Å²) in [4.78, 5) is 8.74. The van der Waals surface area contributed by atoms with Gasteiger partial charge in [0.05, 0.1) is 0 Å². The molecule has 0 spiro atoms. The number of aromatic nitrogens is 2. The van der Waals surface area contributed by atoms with E-state index in [4.69, 9.17) is 12.2 Å². The highest BCUT2D eigenvalue weighted by molar-refractivity contribution is 7.80. The number of aryl methyl sites for hydroxylation is 2. The Balaban J connectivity index is 1.66. The molecule has 0 aliphatic carbocycles. The highest BCUT2D eigenvalue weighted by Gasteiger charge is 2.20. The van der Waals surface area contributed by atoms with Gasteiger partial charge in [-0.15, -0.1) is 0 Å². The zero-order valence-corrected chi connectivity index (χ0v) is 13.3. The van der Waals surface area contributed by atoms with Gasteiger partial charge >= 0.3 is 0 Å². The van der Waals surface area contributed by atoms with E-state index < -0.39 is 0 Å². The van der Waals surface area contributed by atoms with Gasteiger partial charge in [-0.3, -0.25) is 4.57 Å². The monoisotopic (exact) mass is 300 g/mol. The van der Waals surface area contributed by atoms with E-state index in [-0.39, 0.29) is 0 Å². The van der Waals surface area contributed by atoms with Gasteiger partial charge < -0.3 is 9.80 Å². The van der Waals surface area contributed by atoms with E-state index in [9.17, 15) is 0 Å². The molecule has 0 N–H and O–H groups in total. The van der Waals surface area contributed by atoms with Crippen molar-refractivity contribution in [2.24, 2.45) is 0 Å². The Kier molecular flexibility index (Phi) is 3.92. The molecule has 2 aromatic rings. The van der Waals surface area contributed by atoms with E-state index in [0.29, 0.717) is 0 Å². The average molecular weight is 300 g/mol. The Morgan fingerprint density at radius 2 is 1.71 bits per heavy atom. The number of imidazole rings is 1. The third kappa shape index (κ3) is 3.08. The Hall–Kier alpha value is -1.88. The van der Waals surface area contributed by atoms with E-state index in [2.05, 4.69) is 46.8 Å². The van der Waals surface area contributed by atoms with Crippen LogP contribution in [0.3, 0.4) is 0 Å². The summed E-state index contributed by atoms with van der Waals surface area (Å²) in [6.07, 6.45) is 5.43. The van der Waals surface area contributed by atoms with Crippen LogP contribution in [0.25, 0.3) is 0 Å². The van der Waals surface area contributed by atoms with Crippen molar-refractivity contribution in [3.05, 3.63) is 48.0 Å². The smallest absolute Gasteiger partial charge is 0.181 e. The fourth-order valence-electron chi connectivity index (χ4n) is 2.82. The van der Waals surface area contributed by atoms with Gasteiger partial charge in [0.1, 0.15) is 6.33 Å². The van der Waals surface area contributed by atoms with Crippen molar-refractivity contribution in [2.75, 3.05) is 31.1 Å². The van der Waals surface area contributed by atoms with Crippen LogP contribution in [0, 0.1) is 13.8 Å². The summed E-state index contributed by atoms with van der Waals surface area (Å²) in [6.45, 7) is 8.20. The maximum atomic E-state index is 5.52. The second kappa shape index (κ2) is 5.85. The second-order valence-electron chi connectivity index (χ2n) is 5.57. The average Bonchev–Trinajstić information content (AvgIpc) is 3.00. The summed E-state index contributed by atoms with van der Waals surface area (Å²) >= 11 is 5.52. The Morgan fingerprint density at radius 3 is 2.29 bits per heavy atom. The molecule has 0 radical (unpaired) electrons. The molecule has 1 aliphatic rings. The molecule has 1 aliphatic heterocycles. The summed E-state index contributed by atoms with van der Waals surface area (Å²) in [7, 11) is 0. The predicted molar refractivity (Wildman–Crippen MR) is 89.9 cm³/mol. The van der Waals surface area contributed by atoms with E-state index >= 15 is 0 Å². The van der Waals surface area contributed by atoms with E-state index in [0.717, 1.165) is 31.3 Å². The summed E-state index contributed by atoms with van der Waals surface area (Å²) in [5.41, 5.74) is 3.96. The van der Waals surface area contributed by atoms with Crippen molar-refractivity contribution in [1.29, 1.82) is 0 Å². The lowest BCUT2D eigenvalue weighted by atomic mass is 10.1. The van der Waals surface area contributed by atoms with Gasteiger partial charge in [-0.25, -0.2) is 4.98 Å². The lowest BCUT2D eigenvalue weighted by Crippen LogP contribution is -2.49. The van der Waals surface area contributed by atoms with Crippen LogP contribution >= 0.6 is 12.2 Å². The minimum Gasteiger partial charge on any atom is -0.368 e. The molecule has 2 heterocycles. The van der Waals surface area contributed by atoms with Crippen LogP contribution in [0.1, 0.15) is 11.1 Å². The third-order valence-corrected chi connectivity index (χ3v) is 4.32. The first-order chi connectivity index (χ1) is 10.1. The molecule has 0 saturated carbocycles. The quantitative estimate of drug-likeness (QED) is 0.755. The van der Waals surface area contributed by atoms with Crippen LogP contribution in [0.15, 0.2) is 36.9 Å². The van der Waals surface area contributed by atoms with E-state index in [1.165, 1.54) is 16.8 Å². The van der Waals surface area contributed by atoms with E-state index in [1.54, 1.807) is 12.5 Å². The zero-order valence-electron chi connectivity index (χ0n) is 12.5. The standard InChI is InChI=1S/C16H20N4S/c1-13-9-14(2)11-15(10-13)18-5-7-19(8-6-18)16(21)20-4-3-17-12-20/h3-4,9-12H,5-8H2,1-2H3. The highest BCUT2D eigenvalue weighted by atomic mass is 32.1. The van der Waals surface area contributed by atoms with Crippen LogP contribution in [0.4, 0.5) is 5.69 Å². The molecule has 1 saturated heterocycles. The van der Waals surface area contributed by atoms with Crippen LogP contribution < -0.4 is 4.90 Å². The van der Waals surface area contributed by atoms with E-state index in [1.807, 2.05) is 10.8 Å². The lowest BCUT2D eigenvalue weighted by molar-refractivity contribution is 0.382. The number of piperazine rings is 1. The first-order valence-corrected chi connectivity index (χ1v) is 7.65. The van der Waals surface area contributed by atoms with Gasteiger partial charge in [0.25, 0.3) is 0 Å². The Morgan fingerprint density at radius 1 is 1.05 bits per heavy atom. The molecule has 3 rings (SSSR count). The van der Waals surface area contributed by atoms with Crippen LogP contribution in [-0.4, -0.2) is 45.7 Å². The van der Waals surface area contributed by atoms with Gasteiger partial charge in [-0.2, -0.15) is 0 Å². The normalized spacial score (nSPS) is 15.3. The summed E-state index contributed by atoms with van der Waals surface area (Å²) in [5, 5.41) is 0.840. The maximum Gasteiger partial charge on any atom is 0.181 e. The number of thiocarbonyl (C=S) groups is 1. The molecule has 0 unspecified atom stereocenters. The van der Waals surface area contributed by atoms with Gasteiger partial charge in [0.15, 0.2) is 5.11 Å². The molecule has 21 heavy (non-hydrogen) atoms. The molecular weight excluding hydrogens is 280 g/mol. The minimum atomic E-state index is 0.840. The van der Waals surface area contributed by atoms with Gasteiger partial charge in [-0.1, -0.05) is 6.07 Å². The predicted octanol–water partition coefficient (Wildman–Crippen LogP) is 2.46. The summed E-state index contributed by atoms with van der Waals surface area (Å²) < 4.78 is 1.90. The van der Waals surface area contributed by atoms with Gasteiger partial charge in [-0.05, 0) is 49.3 Å². The Labute approximate surface area is 131 Å². The SMILES string of the molecule is Cc1cc(C)cc(N2CCN(C(=S)n3ccnc3)CC2)c1. The van der Waals surface area contributed by atoms with Crippen molar-refractivity contribution in [1.82, 2.24) is 14.5 Å². The molecule has 4 nitrogen and oxygen atoms in total. The topological polar surface area (TPSA) is 24.3 Å². The first kappa shape index (κ1) is 14.1. The van der Waals surface area contributed by atoms with Gasteiger partial charge in [0.2, 0.25) is 0 Å². The number of rotatable bonds is 1. The first-order valence-electron chi connectivity index (χ1n) is 7.24. The molecule has 0 amide bonds. The molecule has 0 atom stereocenters. The molecular formula is C16H20N4S. The fraction of sp³-hybridized carbons (Fsp3) is 0.375. The number of nitrogens with zero attached hydrogens (tertiary/aromatic N) is 4. The zero-order chi connectivity index (χ0) is 14.8. The van der Waals surface area contributed by atoms with Crippen molar-refractivity contribution < 1.29 is 0 Å². The number of hydrogen-bond donors (Lipinski definition) is 0. The van der Waals surface area contributed by atoms with Crippen molar-refractivity contribution in [3.8, 4) is 0 Å². The largest absolute Gasteiger partial charge is 0.368 e. The van der Waals surface area contributed by atoms with Gasteiger partial charge in [0, 0.05) is 44.3 Å². The molecule has 1 aromatic carbocycles. The number of hydrogen-bond acceptors (Lipinski definition) is 3. The summed E-state index contributed by atoms with van der Waals surface area (Å²) in [6, 6.07) is 6.74. The minimum absolute atomic E-state index is 0.840. The van der Waals surface area contributed by atoms with Crippen molar-refractivity contribution in [2.45, 2.75) is 13.8 Å². The van der Waals surface area contributed by atoms with Crippen molar-refractivity contribution in [3.63, 3.8) is 0 Å². The van der Waals surface area contributed by atoms with Crippen LogP contribution in [0.5, 0.6) is 0 Å². The Bertz CT molecular complexity index is 607. The molecule has 0 bridgehead atoms.